The number of ether oxygens (including phenoxy) is 1. The molecule has 0 radical (unpaired) electrons. The Hall–Kier alpha value is -2.32. The lowest BCUT2D eigenvalue weighted by atomic mass is 10.1. The van der Waals surface area contributed by atoms with Gasteiger partial charge in [-0.1, -0.05) is 19.1 Å². The molecule has 1 N–H and O–H groups in total. The van der Waals surface area contributed by atoms with E-state index in [0.717, 1.165) is 55.1 Å². The minimum atomic E-state index is -1.25. The molecule has 0 atom stereocenters. The third-order valence-corrected chi connectivity index (χ3v) is 4.69. The molecule has 1 aromatic heterocycles. The molecule has 1 fully saturated rings. The van der Waals surface area contributed by atoms with Gasteiger partial charge in [-0.2, -0.15) is 0 Å². The van der Waals surface area contributed by atoms with Crippen molar-refractivity contribution >= 4 is 29.5 Å². The Morgan fingerprint density at radius 2 is 2.08 bits per heavy atom. The highest BCUT2D eigenvalue weighted by Gasteiger charge is 2.11. The van der Waals surface area contributed by atoms with Crippen molar-refractivity contribution in [2.75, 3.05) is 31.2 Å². The number of anilines is 1. The number of aryl methyl sites for hydroxylation is 1. The van der Waals surface area contributed by atoms with Crippen LogP contribution in [-0.4, -0.2) is 47.5 Å². The van der Waals surface area contributed by atoms with Gasteiger partial charge in [0.15, 0.2) is 0 Å². The number of aromatic nitrogens is 3. The molecular weight excluding hydrogens is 340 g/mol. The molecule has 0 aliphatic carbocycles. The topological polar surface area (TPSA) is 94.2 Å². The highest BCUT2D eigenvalue weighted by Crippen LogP contribution is 2.26. The summed E-state index contributed by atoms with van der Waals surface area (Å²) in [4.78, 5) is 17.9. The van der Waals surface area contributed by atoms with Crippen molar-refractivity contribution in [3.63, 3.8) is 0 Å². The van der Waals surface area contributed by atoms with Crippen LogP contribution >= 0.6 is 11.8 Å². The Kier molecular flexibility index (Phi) is 5.72. The van der Waals surface area contributed by atoms with Gasteiger partial charge < -0.3 is 19.5 Å². The number of H-pyrrole nitrogens is 1. The van der Waals surface area contributed by atoms with Crippen molar-refractivity contribution in [2.24, 2.45) is 0 Å². The molecule has 2 aromatic rings. The fourth-order valence-corrected chi connectivity index (χ4v) is 3.19. The van der Waals surface area contributed by atoms with E-state index in [1.165, 1.54) is 0 Å². The van der Waals surface area contributed by atoms with Crippen LogP contribution in [0.4, 0.5) is 5.69 Å². The summed E-state index contributed by atoms with van der Waals surface area (Å²) in [6.45, 7) is 5.12. The standard InChI is InChI=1S/C17H20N4O3S/c1-2-15-18-17(20-19-15)25-14(16(22)23)11-12-3-5-13(6-4-12)21-7-9-24-10-8-21/h3-6,11H,2,7-10H2,1H3,(H,22,23)(H,18,19,20)/p-1/b14-11+. The van der Waals surface area contributed by atoms with Crippen LogP contribution in [0.1, 0.15) is 18.3 Å². The first-order valence-corrected chi connectivity index (χ1v) is 8.92. The summed E-state index contributed by atoms with van der Waals surface area (Å²) in [5, 5.41) is 18.6. The minimum Gasteiger partial charge on any atom is -0.544 e. The van der Waals surface area contributed by atoms with Crippen LogP contribution in [0, 0.1) is 0 Å². The summed E-state index contributed by atoms with van der Waals surface area (Å²) >= 11 is 0.979. The second kappa shape index (κ2) is 8.17. The Morgan fingerprint density at radius 3 is 2.68 bits per heavy atom. The van der Waals surface area contributed by atoms with Gasteiger partial charge >= 0.3 is 0 Å². The number of carbonyl (C=O) groups excluding carboxylic acids is 1. The van der Waals surface area contributed by atoms with Crippen LogP contribution in [0.2, 0.25) is 0 Å². The molecule has 1 aromatic carbocycles. The third kappa shape index (κ3) is 4.61. The van der Waals surface area contributed by atoms with Crippen molar-refractivity contribution in [1.29, 1.82) is 0 Å². The third-order valence-electron chi connectivity index (χ3n) is 3.82. The Labute approximate surface area is 150 Å². The first kappa shape index (κ1) is 17.5. The molecule has 8 heteroatoms. The number of morpholine rings is 1. The molecule has 3 rings (SSSR count). The van der Waals surface area contributed by atoms with Crippen LogP contribution in [0.15, 0.2) is 34.3 Å². The average molecular weight is 359 g/mol. The van der Waals surface area contributed by atoms with Gasteiger partial charge in [0.05, 0.1) is 19.2 Å². The molecule has 0 bridgehead atoms. The second-order valence-electron chi connectivity index (χ2n) is 5.51. The number of carbonyl (C=O) groups is 1. The summed E-state index contributed by atoms with van der Waals surface area (Å²) < 4.78 is 5.35. The number of nitrogens with one attached hydrogen (secondary N) is 1. The van der Waals surface area contributed by atoms with Gasteiger partial charge in [0.25, 0.3) is 0 Å². The lowest BCUT2D eigenvalue weighted by molar-refractivity contribution is -0.297. The van der Waals surface area contributed by atoms with E-state index in [9.17, 15) is 9.90 Å². The highest BCUT2D eigenvalue weighted by molar-refractivity contribution is 8.04. The smallest absolute Gasteiger partial charge is 0.213 e. The molecule has 7 nitrogen and oxygen atoms in total. The molecule has 1 aliphatic heterocycles. The van der Waals surface area contributed by atoms with E-state index in [-0.39, 0.29) is 4.91 Å². The Bertz CT molecular complexity index is 752. The number of aliphatic carboxylic acids is 1. The number of carboxylic acids is 1. The summed E-state index contributed by atoms with van der Waals surface area (Å²) in [6.07, 6.45) is 2.28. The number of thioether (sulfide) groups is 1. The maximum Gasteiger partial charge on any atom is 0.213 e. The van der Waals surface area contributed by atoms with Crippen molar-refractivity contribution in [3.05, 3.63) is 40.6 Å². The van der Waals surface area contributed by atoms with Crippen molar-refractivity contribution in [2.45, 2.75) is 18.5 Å². The number of aromatic amines is 1. The number of hydrogen-bond donors (Lipinski definition) is 1. The Balaban J connectivity index is 1.74. The quantitative estimate of drug-likeness (QED) is 0.609. The van der Waals surface area contributed by atoms with Gasteiger partial charge in [-0.25, -0.2) is 4.98 Å². The maximum absolute atomic E-state index is 11.4. The first-order chi connectivity index (χ1) is 12.2. The second-order valence-corrected chi connectivity index (χ2v) is 6.52. The van der Waals surface area contributed by atoms with E-state index in [1.54, 1.807) is 6.08 Å². The zero-order chi connectivity index (χ0) is 17.6. The number of nitrogens with zero attached hydrogens (tertiary/aromatic N) is 3. The average Bonchev–Trinajstić information content (AvgIpc) is 3.10. The molecule has 1 aliphatic rings. The molecule has 1 saturated heterocycles. The van der Waals surface area contributed by atoms with Crippen LogP contribution in [0.5, 0.6) is 0 Å². The van der Waals surface area contributed by atoms with Gasteiger partial charge in [0.1, 0.15) is 5.82 Å². The van der Waals surface area contributed by atoms with Gasteiger partial charge in [0.2, 0.25) is 5.16 Å². The van der Waals surface area contributed by atoms with Crippen LogP contribution in [-0.2, 0) is 16.0 Å². The van der Waals surface area contributed by atoms with Crippen molar-refractivity contribution in [3.8, 4) is 0 Å². The SMILES string of the molecule is CCc1nc(S/C(=C/c2ccc(N3CCOCC3)cc2)C(=O)[O-])n[nH]1. The molecule has 2 heterocycles. The lowest BCUT2D eigenvalue weighted by Gasteiger charge is -2.28. The van der Waals surface area contributed by atoms with Crippen LogP contribution in [0.3, 0.4) is 0 Å². The first-order valence-electron chi connectivity index (χ1n) is 8.10. The van der Waals surface area contributed by atoms with E-state index < -0.39 is 5.97 Å². The van der Waals surface area contributed by atoms with E-state index in [4.69, 9.17) is 4.74 Å². The predicted molar refractivity (Wildman–Crippen MR) is 94.1 cm³/mol. The largest absolute Gasteiger partial charge is 0.544 e. The summed E-state index contributed by atoms with van der Waals surface area (Å²) in [5.74, 6) is -0.528. The molecular formula is C17H19N4O3S-. The fourth-order valence-electron chi connectivity index (χ4n) is 2.46. The normalized spacial score (nSPS) is 15.4. The van der Waals surface area contributed by atoms with E-state index in [1.807, 2.05) is 31.2 Å². The predicted octanol–water partition coefficient (Wildman–Crippen LogP) is 1.09. The van der Waals surface area contributed by atoms with Gasteiger partial charge in [-0.05, 0) is 35.5 Å². The zero-order valence-electron chi connectivity index (χ0n) is 13.9. The molecule has 0 unspecified atom stereocenters. The molecule has 0 spiro atoms. The van der Waals surface area contributed by atoms with Crippen LogP contribution < -0.4 is 10.0 Å². The zero-order valence-corrected chi connectivity index (χ0v) is 14.7. The van der Waals surface area contributed by atoms with Gasteiger partial charge in [0, 0.05) is 30.1 Å². The van der Waals surface area contributed by atoms with Crippen molar-refractivity contribution < 1.29 is 14.6 Å². The van der Waals surface area contributed by atoms with Gasteiger partial charge in [-0.15, -0.1) is 5.10 Å². The summed E-state index contributed by atoms with van der Waals surface area (Å²) in [7, 11) is 0. The number of carboxylic acid groups (broad SMARTS) is 1. The molecule has 0 amide bonds. The van der Waals surface area contributed by atoms with E-state index in [2.05, 4.69) is 20.1 Å². The number of benzene rings is 1. The minimum absolute atomic E-state index is 0.0702. The Morgan fingerprint density at radius 1 is 1.36 bits per heavy atom. The van der Waals surface area contributed by atoms with E-state index in [0.29, 0.717) is 11.6 Å². The molecule has 0 saturated carbocycles. The van der Waals surface area contributed by atoms with Crippen molar-refractivity contribution in [1.82, 2.24) is 15.2 Å². The molecule has 25 heavy (non-hydrogen) atoms. The van der Waals surface area contributed by atoms with E-state index >= 15 is 0 Å². The number of hydrogen-bond acceptors (Lipinski definition) is 7. The monoisotopic (exact) mass is 359 g/mol. The number of rotatable bonds is 6. The fraction of sp³-hybridized carbons (Fsp3) is 0.353. The highest BCUT2D eigenvalue weighted by atomic mass is 32.2. The molecule has 132 valence electrons. The van der Waals surface area contributed by atoms with Gasteiger partial charge in [-0.3, -0.25) is 5.10 Å². The summed E-state index contributed by atoms with van der Waals surface area (Å²) in [5.41, 5.74) is 1.89. The lowest BCUT2D eigenvalue weighted by Crippen LogP contribution is -2.36. The van der Waals surface area contributed by atoms with Crippen LogP contribution in [0.25, 0.3) is 6.08 Å². The summed E-state index contributed by atoms with van der Waals surface area (Å²) in [6, 6.07) is 7.75. The maximum atomic E-state index is 11.4.